The first-order chi connectivity index (χ1) is 12.3. The van der Waals surface area contributed by atoms with E-state index in [4.69, 9.17) is 0 Å². The van der Waals surface area contributed by atoms with Gasteiger partial charge in [0.2, 0.25) is 5.95 Å². The van der Waals surface area contributed by atoms with Crippen molar-refractivity contribution in [3.63, 3.8) is 0 Å². The molecule has 0 saturated carbocycles. The van der Waals surface area contributed by atoms with Crippen LogP contribution in [0.15, 0.2) is 67.1 Å². The van der Waals surface area contributed by atoms with Crippen LogP contribution in [0.5, 0.6) is 0 Å². The Kier molecular flexibility index (Phi) is 4.12. The molecule has 25 heavy (non-hydrogen) atoms. The van der Waals surface area contributed by atoms with Gasteiger partial charge in [0.1, 0.15) is 12.1 Å². The Bertz CT molecular complexity index is 991. The van der Waals surface area contributed by atoms with Gasteiger partial charge in [0.15, 0.2) is 0 Å². The lowest BCUT2D eigenvalue weighted by Gasteiger charge is -2.08. The van der Waals surface area contributed by atoms with Gasteiger partial charge < -0.3 is 5.32 Å². The molecule has 0 amide bonds. The first-order valence-corrected chi connectivity index (χ1v) is 8.34. The van der Waals surface area contributed by atoms with Crippen molar-refractivity contribution in [3.05, 3.63) is 78.2 Å². The van der Waals surface area contributed by atoms with Gasteiger partial charge in [0, 0.05) is 12.7 Å². The zero-order valence-corrected chi connectivity index (χ0v) is 14.1. The van der Waals surface area contributed by atoms with Crippen molar-refractivity contribution in [2.75, 3.05) is 11.9 Å². The predicted molar refractivity (Wildman–Crippen MR) is 100 cm³/mol. The second-order valence-electron chi connectivity index (χ2n) is 6.01. The van der Waals surface area contributed by atoms with Crippen LogP contribution in [0.4, 0.5) is 5.95 Å². The quantitative estimate of drug-likeness (QED) is 0.605. The highest BCUT2D eigenvalue weighted by Gasteiger charge is 2.07. The predicted octanol–water partition coefficient (Wildman–Crippen LogP) is 3.78. The third-order valence-corrected chi connectivity index (χ3v) is 4.13. The number of imidazole rings is 1. The molecule has 0 spiro atoms. The average Bonchev–Trinajstić information content (AvgIpc) is 3.06. The van der Waals surface area contributed by atoms with E-state index in [-0.39, 0.29) is 0 Å². The molecule has 1 N–H and O–H groups in total. The van der Waals surface area contributed by atoms with Gasteiger partial charge in [0.25, 0.3) is 0 Å². The van der Waals surface area contributed by atoms with Crippen molar-refractivity contribution in [3.8, 4) is 5.82 Å². The van der Waals surface area contributed by atoms with Crippen LogP contribution in [-0.2, 0) is 6.42 Å². The van der Waals surface area contributed by atoms with Gasteiger partial charge in [0.05, 0.1) is 11.0 Å². The van der Waals surface area contributed by atoms with E-state index in [1.54, 1.807) is 12.5 Å². The number of fused-ring (bicyclic) bond motifs is 1. The summed E-state index contributed by atoms with van der Waals surface area (Å²) in [6.45, 7) is 2.87. The van der Waals surface area contributed by atoms with Crippen LogP contribution in [0.2, 0.25) is 0 Å². The summed E-state index contributed by atoms with van der Waals surface area (Å²) in [7, 11) is 0. The molecule has 5 nitrogen and oxygen atoms in total. The third kappa shape index (κ3) is 3.35. The summed E-state index contributed by atoms with van der Waals surface area (Å²) >= 11 is 0. The second kappa shape index (κ2) is 6.73. The van der Waals surface area contributed by atoms with Gasteiger partial charge in [-0.2, -0.15) is 4.98 Å². The molecule has 124 valence electrons. The number of rotatable bonds is 5. The van der Waals surface area contributed by atoms with Gasteiger partial charge in [-0.25, -0.2) is 9.97 Å². The standard InChI is InChI=1S/C20H19N5/c1-15-7-8-17-18(13-15)25(14-23-17)19-10-12-22-20(24-19)21-11-9-16-5-3-2-4-6-16/h2-8,10,12-14H,9,11H2,1H3,(H,21,22,24). The molecular weight excluding hydrogens is 310 g/mol. The van der Waals surface area contributed by atoms with E-state index in [1.165, 1.54) is 11.1 Å². The molecule has 0 saturated heterocycles. The Hall–Kier alpha value is -3.21. The minimum Gasteiger partial charge on any atom is -0.354 e. The molecule has 0 aliphatic carbocycles. The fourth-order valence-corrected chi connectivity index (χ4v) is 2.83. The van der Waals surface area contributed by atoms with E-state index in [2.05, 4.69) is 63.6 Å². The first-order valence-electron chi connectivity index (χ1n) is 8.34. The van der Waals surface area contributed by atoms with Crippen molar-refractivity contribution in [2.45, 2.75) is 13.3 Å². The molecule has 0 atom stereocenters. The van der Waals surface area contributed by atoms with E-state index >= 15 is 0 Å². The van der Waals surface area contributed by atoms with Gasteiger partial charge in [-0.15, -0.1) is 0 Å². The Morgan fingerprint density at radius 2 is 1.88 bits per heavy atom. The normalized spacial score (nSPS) is 10.9. The second-order valence-corrected chi connectivity index (χ2v) is 6.01. The molecule has 0 fully saturated rings. The molecule has 2 heterocycles. The molecule has 0 unspecified atom stereocenters. The summed E-state index contributed by atoms with van der Waals surface area (Å²) in [4.78, 5) is 13.4. The molecule has 0 aliphatic heterocycles. The molecule has 0 bridgehead atoms. The lowest BCUT2D eigenvalue weighted by Crippen LogP contribution is -2.09. The van der Waals surface area contributed by atoms with E-state index < -0.39 is 0 Å². The maximum Gasteiger partial charge on any atom is 0.224 e. The molecule has 2 aromatic heterocycles. The van der Waals surface area contributed by atoms with Crippen LogP contribution in [-0.4, -0.2) is 26.1 Å². The van der Waals surface area contributed by atoms with Crippen molar-refractivity contribution in [1.29, 1.82) is 0 Å². The van der Waals surface area contributed by atoms with Crippen LogP contribution >= 0.6 is 0 Å². The monoisotopic (exact) mass is 329 g/mol. The SMILES string of the molecule is Cc1ccc2ncn(-c3ccnc(NCCc4ccccc4)n3)c2c1. The summed E-state index contributed by atoms with van der Waals surface area (Å²) in [5.74, 6) is 1.44. The van der Waals surface area contributed by atoms with E-state index in [0.717, 1.165) is 29.8 Å². The van der Waals surface area contributed by atoms with Crippen molar-refractivity contribution < 1.29 is 0 Å². The molecule has 5 heteroatoms. The maximum absolute atomic E-state index is 4.63. The minimum atomic E-state index is 0.628. The molecule has 2 aromatic carbocycles. The summed E-state index contributed by atoms with van der Waals surface area (Å²) in [6.07, 6.45) is 4.51. The molecular formula is C20H19N5. The highest BCUT2D eigenvalue weighted by molar-refractivity contribution is 5.77. The number of anilines is 1. The Morgan fingerprint density at radius 1 is 1.00 bits per heavy atom. The lowest BCUT2D eigenvalue weighted by molar-refractivity contribution is 0.953. The minimum absolute atomic E-state index is 0.628. The number of benzene rings is 2. The zero-order chi connectivity index (χ0) is 17.1. The Morgan fingerprint density at radius 3 is 2.76 bits per heavy atom. The number of hydrogen-bond donors (Lipinski definition) is 1. The number of aryl methyl sites for hydroxylation is 1. The van der Waals surface area contributed by atoms with E-state index in [0.29, 0.717) is 5.95 Å². The Balaban J connectivity index is 1.53. The Labute approximate surface area is 146 Å². The van der Waals surface area contributed by atoms with Crippen LogP contribution in [0.25, 0.3) is 16.9 Å². The fraction of sp³-hybridized carbons (Fsp3) is 0.150. The summed E-state index contributed by atoms with van der Waals surface area (Å²) in [5.41, 5.74) is 4.50. The summed E-state index contributed by atoms with van der Waals surface area (Å²) in [5, 5.41) is 3.30. The first kappa shape index (κ1) is 15.3. The number of aromatic nitrogens is 4. The van der Waals surface area contributed by atoms with Gasteiger partial charge in [-0.3, -0.25) is 4.57 Å². The van der Waals surface area contributed by atoms with Crippen molar-refractivity contribution in [2.24, 2.45) is 0 Å². The average molecular weight is 329 g/mol. The van der Waals surface area contributed by atoms with E-state index in [1.807, 2.05) is 22.8 Å². The zero-order valence-electron chi connectivity index (χ0n) is 14.1. The molecule has 4 aromatic rings. The van der Waals surface area contributed by atoms with Crippen molar-refractivity contribution >= 4 is 17.0 Å². The van der Waals surface area contributed by atoms with Crippen LogP contribution in [0.1, 0.15) is 11.1 Å². The number of nitrogens with zero attached hydrogens (tertiary/aromatic N) is 4. The summed E-state index contributed by atoms with van der Waals surface area (Å²) < 4.78 is 1.99. The van der Waals surface area contributed by atoms with Crippen LogP contribution < -0.4 is 5.32 Å². The largest absolute Gasteiger partial charge is 0.354 e. The highest BCUT2D eigenvalue weighted by atomic mass is 15.2. The molecule has 4 rings (SSSR count). The smallest absolute Gasteiger partial charge is 0.224 e. The van der Waals surface area contributed by atoms with Gasteiger partial charge in [-0.1, -0.05) is 36.4 Å². The van der Waals surface area contributed by atoms with Crippen molar-refractivity contribution in [1.82, 2.24) is 19.5 Å². The molecule has 0 radical (unpaired) electrons. The summed E-state index contributed by atoms with van der Waals surface area (Å²) in [6, 6.07) is 18.5. The van der Waals surface area contributed by atoms with Gasteiger partial charge >= 0.3 is 0 Å². The fourth-order valence-electron chi connectivity index (χ4n) is 2.83. The van der Waals surface area contributed by atoms with E-state index in [9.17, 15) is 0 Å². The third-order valence-electron chi connectivity index (χ3n) is 4.13. The topological polar surface area (TPSA) is 55.6 Å². The number of hydrogen-bond acceptors (Lipinski definition) is 4. The van der Waals surface area contributed by atoms with Crippen LogP contribution in [0.3, 0.4) is 0 Å². The molecule has 0 aliphatic rings. The van der Waals surface area contributed by atoms with Crippen LogP contribution in [0, 0.1) is 6.92 Å². The lowest BCUT2D eigenvalue weighted by atomic mass is 10.1. The highest BCUT2D eigenvalue weighted by Crippen LogP contribution is 2.18. The number of nitrogens with one attached hydrogen (secondary N) is 1. The van der Waals surface area contributed by atoms with Gasteiger partial charge in [-0.05, 0) is 42.7 Å². The maximum atomic E-state index is 4.63.